The van der Waals surface area contributed by atoms with Gasteiger partial charge in [0.25, 0.3) is 6.29 Å². The average Bonchev–Trinajstić information content (AvgIpc) is 3.18. The number of esters is 1. The number of ether oxygens (including phenoxy) is 4. The lowest BCUT2D eigenvalue weighted by Gasteiger charge is -2.28. The van der Waals surface area contributed by atoms with E-state index in [1.165, 1.54) is 6.08 Å². The second-order valence-electron chi connectivity index (χ2n) is 9.70. The lowest BCUT2D eigenvalue weighted by molar-refractivity contribution is -0.138. The summed E-state index contributed by atoms with van der Waals surface area (Å²) < 4.78 is 25.0. The molecule has 1 unspecified atom stereocenters. The van der Waals surface area contributed by atoms with Crippen molar-refractivity contribution >= 4 is 27.5 Å². The Morgan fingerprint density at radius 1 is 0.725 bits per heavy atom. The molecule has 1 aliphatic rings. The molecule has 0 saturated heterocycles. The van der Waals surface area contributed by atoms with Crippen LogP contribution < -0.4 is 9.47 Å². The first kappa shape index (κ1) is 25.7. The zero-order valence-corrected chi connectivity index (χ0v) is 22.1. The Bertz CT molecular complexity index is 1570. The summed E-state index contributed by atoms with van der Waals surface area (Å²) in [6, 6.07) is 34.9. The van der Waals surface area contributed by atoms with Crippen LogP contribution in [0.3, 0.4) is 0 Å². The minimum absolute atomic E-state index is 0.321. The summed E-state index contributed by atoms with van der Waals surface area (Å²) >= 11 is 0. The van der Waals surface area contributed by atoms with Crippen LogP contribution in [0.2, 0.25) is 0 Å². The molecule has 5 aromatic rings. The molecular weight excluding hydrogens is 500 g/mol. The standard InChI is InChI=1S/C35H30O5/c1-2-31(36)37-22-10-11-23-38-34(26-14-4-3-5-15-26)35-39-29-20-18-24-12-6-8-16-27(24)32(29)33-28-17-9-7-13-25(28)19-21-30(33)40-35/h2-9,12-21,34-35H,1,10-11,22-23H2. The number of carbonyl (C=O) groups excluding carboxylic acids is 1. The van der Waals surface area contributed by atoms with Crippen molar-refractivity contribution < 1.29 is 23.7 Å². The van der Waals surface area contributed by atoms with E-state index in [0.29, 0.717) is 26.1 Å². The van der Waals surface area contributed by atoms with E-state index in [9.17, 15) is 4.79 Å². The summed E-state index contributed by atoms with van der Waals surface area (Å²) in [7, 11) is 0. The second-order valence-corrected chi connectivity index (χ2v) is 9.70. The highest BCUT2D eigenvalue weighted by molar-refractivity contribution is 6.09. The average molecular weight is 531 g/mol. The fourth-order valence-electron chi connectivity index (χ4n) is 5.23. The molecule has 0 saturated carbocycles. The van der Waals surface area contributed by atoms with E-state index in [0.717, 1.165) is 49.7 Å². The minimum atomic E-state index is -0.733. The topological polar surface area (TPSA) is 54.0 Å². The highest BCUT2D eigenvalue weighted by Gasteiger charge is 2.33. The van der Waals surface area contributed by atoms with E-state index in [2.05, 4.69) is 55.1 Å². The van der Waals surface area contributed by atoms with Gasteiger partial charge in [-0.25, -0.2) is 4.79 Å². The van der Waals surface area contributed by atoms with Crippen molar-refractivity contribution in [1.29, 1.82) is 0 Å². The lowest BCUT2D eigenvalue weighted by Crippen LogP contribution is -2.33. The molecule has 0 spiro atoms. The van der Waals surface area contributed by atoms with Gasteiger partial charge in [0.15, 0.2) is 6.10 Å². The molecule has 0 aromatic heterocycles. The molecule has 5 nitrogen and oxygen atoms in total. The number of hydrogen-bond donors (Lipinski definition) is 0. The maximum absolute atomic E-state index is 11.3. The van der Waals surface area contributed by atoms with E-state index in [4.69, 9.17) is 18.9 Å². The molecule has 200 valence electrons. The van der Waals surface area contributed by atoms with E-state index in [-0.39, 0.29) is 0 Å². The van der Waals surface area contributed by atoms with E-state index >= 15 is 0 Å². The summed E-state index contributed by atoms with van der Waals surface area (Å²) in [5.41, 5.74) is 2.99. The molecule has 1 aliphatic heterocycles. The fraction of sp³-hybridized carbons (Fsp3) is 0.171. The van der Waals surface area contributed by atoms with Crippen LogP contribution in [0.4, 0.5) is 0 Å². The monoisotopic (exact) mass is 530 g/mol. The fourth-order valence-corrected chi connectivity index (χ4v) is 5.23. The Morgan fingerprint density at radius 3 is 1.88 bits per heavy atom. The molecule has 0 amide bonds. The Labute approximate surface area is 233 Å². The van der Waals surface area contributed by atoms with E-state index < -0.39 is 18.4 Å². The highest BCUT2D eigenvalue weighted by atomic mass is 16.7. The molecule has 5 aromatic carbocycles. The van der Waals surface area contributed by atoms with Gasteiger partial charge in [-0.3, -0.25) is 0 Å². The zero-order valence-electron chi connectivity index (χ0n) is 22.1. The van der Waals surface area contributed by atoms with Gasteiger partial charge in [0.1, 0.15) is 11.5 Å². The summed E-state index contributed by atoms with van der Waals surface area (Å²) in [5.74, 6) is 1.08. The van der Waals surface area contributed by atoms with Gasteiger partial charge >= 0.3 is 5.97 Å². The number of hydrogen-bond acceptors (Lipinski definition) is 5. The molecule has 5 heteroatoms. The van der Waals surface area contributed by atoms with Crippen LogP contribution >= 0.6 is 0 Å². The summed E-state index contributed by atoms with van der Waals surface area (Å²) in [6.07, 6.45) is 1.34. The quantitative estimate of drug-likeness (QED) is 0.110. The number of carbonyl (C=O) groups is 1. The van der Waals surface area contributed by atoms with Gasteiger partial charge in [-0.05, 0) is 52.1 Å². The van der Waals surface area contributed by atoms with Crippen LogP contribution in [0.25, 0.3) is 32.7 Å². The Hall–Kier alpha value is -4.61. The number of benzene rings is 5. The first-order chi connectivity index (χ1) is 19.7. The Balaban J connectivity index is 1.39. The van der Waals surface area contributed by atoms with Gasteiger partial charge in [-0.15, -0.1) is 0 Å². The third-order valence-electron chi connectivity index (χ3n) is 7.14. The van der Waals surface area contributed by atoms with E-state index in [1.54, 1.807) is 0 Å². The number of unbranched alkanes of at least 4 members (excludes halogenated alkanes) is 1. The molecule has 40 heavy (non-hydrogen) atoms. The van der Waals surface area contributed by atoms with Gasteiger partial charge in [-0.1, -0.05) is 97.6 Å². The lowest BCUT2D eigenvalue weighted by atomic mass is 9.92. The van der Waals surface area contributed by atoms with Crippen molar-refractivity contribution in [2.75, 3.05) is 13.2 Å². The number of fused-ring (bicyclic) bond motifs is 7. The molecule has 1 atom stereocenters. The summed E-state index contributed by atoms with van der Waals surface area (Å²) in [6.45, 7) is 4.20. The third-order valence-corrected chi connectivity index (χ3v) is 7.14. The van der Waals surface area contributed by atoms with Gasteiger partial charge in [-0.2, -0.15) is 0 Å². The second kappa shape index (κ2) is 11.6. The van der Waals surface area contributed by atoms with Crippen LogP contribution in [0, 0.1) is 0 Å². The van der Waals surface area contributed by atoms with Crippen LogP contribution in [0.15, 0.2) is 116 Å². The molecule has 6 rings (SSSR count). The maximum Gasteiger partial charge on any atom is 0.330 e. The van der Waals surface area contributed by atoms with Crippen molar-refractivity contribution in [3.8, 4) is 22.6 Å². The zero-order chi connectivity index (χ0) is 27.3. The molecule has 1 heterocycles. The van der Waals surface area contributed by atoms with E-state index in [1.807, 2.05) is 54.6 Å². The van der Waals surface area contributed by atoms with Crippen molar-refractivity contribution in [1.82, 2.24) is 0 Å². The minimum Gasteiger partial charge on any atom is -0.463 e. The first-order valence-electron chi connectivity index (χ1n) is 13.6. The molecule has 0 aliphatic carbocycles. The SMILES string of the molecule is C=CC(=O)OCCCCOC(c1ccccc1)C1Oc2ccc3ccccc3c2-c2c(ccc3ccccc23)O1. The van der Waals surface area contributed by atoms with Crippen LogP contribution in [0.1, 0.15) is 24.5 Å². The molecule has 0 N–H and O–H groups in total. The largest absolute Gasteiger partial charge is 0.463 e. The smallest absolute Gasteiger partial charge is 0.330 e. The van der Waals surface area contributed by atoms with Crippen molar-refractivity contribution in [3.63, 3.8) is 0 Å². The normalized spacial score (nSPS) is 13.4. The van der Waals surface area contributed by atoms with Crippen molar-refractivity contribution in [2.45, 2.75) is 25.2 Å². The highest BCUT2D eigenvalue weighted by Crippen LogP contribution is 2.48. The van der Waals surface area contributed by atoms with Crippen molar-refractivity contribution in [2.24, 2.45) is 0 Å². The predicted octanol–water partition coefficient (Wildman–Crippen LogP) is 8.02. The maximum atomic E-state index is 11.3. The Morgan fingerprint density at radius 2 is 1.27 bits per heavy atom. The first-order valence-corrected chi connectivity index (χ1v) is 13.6. The van der Waals surface area contributed by atoms with Gasteiger partial charge < -0.3 is 18.9 Å². The van der Waals surface area contributed by atoms with Gasteiger partial charge in [0.2, 0.25) is 0 Å². The molecule has 0 radical (unpaired) electrons. The number of rotatable bonds is 9. The van der Waals surface area contributed by atoms with Gasteiger partial charge in [0, 0.05) is 23.8 Å². The summed E-state index contributed by atoms with van der Waals surface area (Å²) in [5, 5.41) is 4.48. The summed E-state index contributed by atoms with van der Waals surface area (Å²) in [4.78, 5) is 11.3. The molecular formula is C35H30O5. The predicted molar refractivity (Wildman–Crippen MR) is 157 cm³/mol. The van der Waals surface area contributed by atoms with Crippen LogP contribution in [-0.2, 0) is 14.3 Å². The van der Waals surface area contributed by atoms with Crippen molar-refractivity contribution in [3.05, 3.63) is 121 Å². The van der Waals surface area contributed by atoms with Crippen LogP contribution in [-0.4, -0.2) is 25.5 Å². The van der Waals surface area contributed by atoms with Gasteiger partial charge in [0.05, 0.1) is 6.61 Å². The molecule has 0 fully saturated rings. The third kappa shape index (κ3) is 5.16. The Kier molecular flexibility index (Phi) is 7.47. The van der Waals surface area contributed by atoms with Crippen LogP contribution in [0.5, 0.6) is 11.5 Å². The molecule has 0 bridgehead atoms.